The van der Waals surface area contributed by atoms with Crippen LogP contribution in [0.2, 0.25) is 0 Å². The van der Waals surface area contributed by atoms with Crippen molar-refractivity contribution in [3.63, 3.8) is 0 Å². The molecule has 0 spiro atoms. The number of benzene rings is 2. The second kappa shape index (κ2) is 3.39. The topological polar surface area (TPSA) is 39.2 Å². The third-order valence-electron chi connectivity index (χ3n) is 3.75. The Morgan fingerprint density at radius 1 is 0.650 bits per heavy atom. The average molecular weight is 259 g/mol. The highest BCUT2D eigenvalue weighted by Crippen LogP contribution is 2.35. The molecule has 2 aromatic carbocycles. The molecular weight excluding hydrogens is 250 g/mol. The Bertz CT molecular complexity index is 1010. The molecule has 5 aromatic rings. The van der Waals surface area contributed by atoms with Crippen molar-refractivity contribution in [2.24, 2.45) is 0 Å². The third-order valence-corrected chi connectivity index (χ3v) is 3.75. The van der Waals surface area contributed by atoms with Gasteiger partial charge in [0.2, 0.25) is 5.71 Å². The molecule has 0 N–H and O–H groups in total. The summed E-state index contributed by atoms with van der Waals surface area (Å²) in [6.07, 6.45) is 1.74. The molecule has 20 heavy (non-hydrogen) atoms. The number of pyridine rings is 1. The first-order chi connectivity index (χ1) is 9.90. The van der Waals surface area contributed by atoms with E-state index in [1.54, 1.807) is 6.20 Å². The SMILES string of the molecule is c1ccc2c(c1)oc1cc3c(cc12)oc1ncccc13. The van der Waals surface area contributed by atoms with Gasteiger partial charge < -0.3 is 8.83 Å². The van der Waals surface area contributed by atoms with Crippen LogP contribution in [0.25, 0.3) is 44.0 Å². The van der Waals surface area contributed by atoms with Gasteiger partial charge in [-0.25, -0.2) is 4.98 Å². The summed E-state index contributed by atoms with van der Waals surface area (Å²) in [7, 11) is 0. The minimum atomic E-state index is 0.666. The van der Waals surface area contributed by atoms with Crippen molar-refractivity contribution in [3.05, 3.63) is 54.7 Å². The number of para-hydroxylation sites is 1. The summed E-state index contributed by atoms with van der Waals surface area (Å²) in [6, 6.07) is 16.1. The Kier molecular flexibility index (Phi) is 1.70. The number of hydrogen-bond donors (Lipinski definition) is 0. The van der Waals surface area contributed by atoms with Crippen molar-refractivity contribution in [2.75, 3.05) is 0 Å². The molecule has 3 heteroatoms. The van der Waals surface area contributed by atoms with Gasteiger partial charge in [-0.3, -0.25) is 0 Å². The Labute approximate surface area is 113 Å². The van der Waals surface area contributed by atoms with Crippen LogP contribution in [0, 0.1) is 0 Å². The molecule has 0 aliphatic rings. The van der Waals surface area contributed by atoms with Crippen molar-refractivity contribution < 1.29 is 8.83 Å². The van der Waals surface area contributed by atoms with Gasteiger partial charge >= 0.3 is 0 Å². The van der Waals surface area contributed by atoms with Gasteiger partial charge in [-0.1, -0.05) is 18.2 Å². The van der Waals surface area contributed by atoms with Gasteiger partial charge in [-0.2, -0.15) is 0 Å². The van der Waals surface area contributed by atoms with E-state index in [9.17, 15) is 0 Å². The molecule has 3 aromatic heterocycles. The van der Waals surface area contributed by atoms with Crippen LogP contribution >= 0.6 is 0 Å². The number of hydrogen-bond acceptors (Lipinski definition) is 3. The molecule has 0 aliphatic carbocycles. The van der Waals surface area contributed by atoms with Gasteiger partial charge in [-0.15, -0.1) is 0 Å². The summed E-state index contributed by atoms with van der Waals surface area (Å²) in [6.45, 7) is 0. The molecule has 0 saturated carbocycles. The van der Waals surface area contributed by atoms with Gasteiger partial charge in [0.05, 0.1) is 0 Å². The first-order valence-corrected chi connectivity index (χ1v) is 6.49. The van der Waals surface area contributed by atoms with Gasteiger partial charge in [0.15, 0.2) is 0 Å². The smallest absolute Gasteiger partial charge is 0.227 e. The van der Waals surface area contributed by atoms with Crippen molar-refractivity contribution in [1.29, 1.82) is 0 Å². The fourth-order valence-electron chi connectivity index (χ4n) is 2.83. The van der Waals surface area contributed by atoms with E-state index in [2.05, 4.69) is 11.1 Å². The first-order valence-electron chi connectivity index (χ1n) is 6.49. The molecule has 5 rings (SSSR count). The molecule has 0 fully saturated rings. The summed E-state index contributed by atoms with van der Waals surface area (Å²) in [4.78, 5) is 4.26. The lowest BCUT2D eigenvalue weighted by molar-refractivity contribution is 0.653. The standard InChI is InChI=1S/C17H9NO2/c1-2-6-14-10(4-1)12-8-16-13(9-15(12)19-14)11-5-3-7-18-17(11)20-16/h1-9H. The molecule has 3 heterocycles. The van der Waals surface area contributed by atoms with E-state index in [0.717, 1.165) is 38.3 Å². The van der Waals surface area contributed by atoms with Crippen molar-refractivity contribution in [3.8, 4) is 0 Å². The molecule has 3 nitrogen and oxygen atoms in total. The fraction of sp³-hybridized carbons (Fsp3) is 0. The zero-order valence-electron chi connectivity index (χ0n) is 10.5. The monoisotopic (exact) mass is 259 g/mol. The van der Waals surface area contributed by atoms with E-state index in [4.69, 9.17) is 8.83 Å². The van der Waals surface area contributed by atoms with Gasteiger partial charge in [-0.05, 0) is 30.3 Å². The minimum Gasteiger partial charge on any atom is -0.456 e. The van der Waals surface area contributed by atoms with E-state index in [1.807, 2.05) is 42.5 Å². The fourth-order valence-corrected chi connectivity index (χ4v) is 2.83. The highest BCUT2D eigenvalue weighted by molar-refractivity contribution is 6.14. The molecule has 0 unspecified atom stereocenters. The number of fused-ring (bicyclic) bond motifs is 6. The Balaban J connectivity index is 2.05. The Hall–Kier alpha value is -2.81. The number of nitrogens with zero attached hydrogens (tertiary/aromatic N) is 1. The summed E-state index contributed by atoms with van der Waals surface area (Å²) in [5.74, 6) is 0. The zero-order chi connectivity index (χ0) is 13.1. The number of rotatable bonds is 0. The third kappa shape index (κ3) is 1.17. The molecular formula is C17H9NO2. The molecule has 0 radical (unpaired) electrons. The van der Waals surface area contributed by atoms with Crippen LogP contribution in [0.3, 0.4) is 0 Å². The molecule has 0 bridgehead atoms. The second-order valence-corrected chi connectivity index (χ2v) is 4.90. The van der Waals surface area contributed by atoms with Gasteiger partial charge in [0.1, 0.15) is 16.7 Å². The predicted octanol–water partition coefficient (Wildman–Crippen LogP) is 4.88. The average Bonchev–Trinajstić information content (AvgIpc) is 3.02. The molecule has 0 atom stereocenters. The molecule has 0 saturated heterocycles. The van der Waals surface area contributed by atoms with E-state index in [0.29, 0.717) is 5.71 Å². The van der Waals surface area contributed by atoms with E-state index in [1.165, 1.54) is 0 Å². The Morgan fingerprint density at radius 3 is 2.35 bits per heavy atom. The van der Waals surface area contributed by atoms with Crippen LogP contribution in [-0.2, 0) is 0 Å². The maximum Gasteiger partial charge on any atom is 0.227 e. The quantitative estimate of drug-likeness (QED) is 0.398. The van der Waals surface area contributed by atoms with Crippen LogP contribution in [0.4, 0.5) is 0 Å². The minimum absolute atomic E-state index is 0.666. The van der Waals surface area contributed by atoms with Crippen LogP contribution in [0.1, 0.15) is 0 Å². The Morgan fingerprint density at radius 2 is 1.40 bits per heavy atom. The predicted molar refractivity (Wildman–Crippen MR) is 78.8 cm³/mol. The van der Waals surface area contributed by atoms with Crippen molar-refractivity contribution >= 4 is 44.0 Å². The lowest BCUT2D eigenvalue weighted by atomic mass is 10.1. The summed E-state index contributed by atoms with van der Waals surface area (Å²) in [5, 5.41) is 4.24. The lowest BCUT2D eigenvalue weighted by Crippen LogP contribution is -1.69. The maximum atomic E-state index is 5.92. The molecule has 0 amide bonds. The summed E-state index contributed by atoms with van der Waals surface area (Å²) >= 11 is 0. The lowest BCUT2D eigenvalue weighted by Gasteiger charge is -1.90. The highest BCUT2D eigenvalue weighted by Gasteiger charge is 2.12. The first kappa shape index (κ1) is 10.0. The summed E-state index contributed by atoms with van der Waals surface area (Å²) in [5.41, 5.74) is 3.29. The summed E-state index contributed by atoms with van der Waals surface area (Å²) < 4.78 is 11.7. The van der Waals surface area contributed by atoms with Crippen molar-refractivity contribution in [1.82, 2.24) is 4.98 Å². The van der Waals surface area contributed by atoms with Gasteiger partial charge in [0, 0.05) is 27.7 Å². The zero-order valence-corrected chi connectivity index (χ0v) is 10.5. The van der Waals surface area contributed by atoms with Crippen LogP contribution in [0.15, 0.2) is 63.6 Å². The maximum absolute atomic E-state index is 5.92. The van der Waals surface area contributed by atoms with Crippen molar-refractivity contribution in [2.45, 2.75) is 0 Å². The molecule has 0 aliphatic heterocycles. The normalized spacial score (nSPS) is 12.0. The van der Waals surface area contributed by atoms with E-state index < -0.39 is 0 Å². The van der Waals surface area contributed by atoms with Crippen LogP contribution in [-0.4, -0.2) is 4.98 Å². The van der Waals surface area contributed by atoms with E-state index >= 15 is 0 Å². The number of furan rings is 2. The highest BCUT2D eigenvalue weighted by atomic mass is 16.3. The largest absolute Gasteiger partial charge is 0.456 e. The van der Waals surface area contributed by atoms with Crippen LogP contribution < -0.4 is 0 Å². The number of aromatic nitrogens is 1. The molecule has 94 valence electrons. The second-order valence-electron chi connectivity index (χ2n) is 4.90. The van der Waals surface area contributed by atoms with E-state index in [-0.39, 0.29) is 0 Å². The van der Waals surface area contributed by atoms with Gasteiger partial charge in [0.25, 0.3) is 0 Å². The van der Waals surface area contributed by atoms with Crippen LogP contribution in [0.5, 0.6) is 0 Å².